The van der Waals surface area contributed by atoms with Crippen LogP contribution >= 0.6 is 0 Å². The number of urea groups is 1. The smallest absolute Gasteiger partial charge is 0.326 e. The lowest BCUT2D eigenvalue weighted by atomic mass is 10.2. The molecule has 3 amide bonds. The van der Waals surface area contributed by atoms with Gasteiger partial charge in [0.25, 0.3) is 5.91 Å². The van der Waals surface area contributed by atoms with Crippen molar-refractivity contribution in [2.75, 3.05) is 32.6 Å². The molecule has 3 N–H and O–H groups in total. The number of aromatic nitrogens is 3. The molecule has 1 fully saturated rings. The first kappa shape index (κ1) is 19.4. The summed E-state index contributed by atoms with van der Waals surface area (Å²) in [5, 5.41) is 12.1. The van der Waals surface area contributed by atoms with Crippen molar-refractivity contribution in [1.82, 2.24) is 30.1 Å². The third-order valence-electron chi connectivity index (χ3n) is 4.35. The maximum atomic E-state index is 11.7. The van der Waals surface area contributed by atoms with E-state index in [1.807, 2.05) is 38.4 Å². The Labute approximate surface area is 172 Å². The Morgan fingerprint density at radius 3 is 2.67 bits per heavy atom. The quantitative estimate of drug-likeness (QED) is 0.403. The average Bonchev–Trinajstić information content (AvgIpc) is 3.25. The van der Waals surface area contributed by atoms with Crippen LogP contribution in [0.4, 0.5) is 16.3 Å². The Hall–Kier alpha value is -3.92. The van der Waals surface area contributed by atoms with Gasteiger partial charge in [0.15, 0.2) is 5.65 Å². The molecule has 154 valence electrons. The molecule has 3 heterocycles. The van der Waals surface area contributed by atoms with Gasteiger partial charge in [-0.3, -0.25) is 10.1 Å². The molecule has 1 aliphatic rings. The zero-order valence-electron chi connectivity index (χ0n) is 16.5. The van der Waals surface area contributed by atoms with Crippen molar-refractivity contribution in [3.05, 3.63) is 54.0 Å². The largest absolute Gasteiger partial charge is 0.492 e. The van der Waals surface area contributed by atoms with E-state index in [0.29, 0.717) is 23.6 Å². The fourth-order valence-electron chi connectivity index (χ4n) is 2.82. The summed E-state index contributed by atoms with van der Waals surface area (Å²) < 4.78 is 7.29. The van der Waals surface area contributed by atoms with E-state index in [1.54, 1.807) is 29.1 Å². The van der Waals surface area contributed by atoms with Crippen LogP contribution in [0.3, 0.4) is 0 Å². The number of benzene rings is 1. The highest BCUT2D eigenvalue weighted by Crippen LogP contribution is 2.21. The second-order valence-electron chi connectivity index (χ2n) is 6.95. The number of carbonyl (C=O) groups excluding carboxylic acids is 2. The molecule has 30 heavy (non-hydrogen) atoms. The van der Waals surface area contributed by atoms with E-state index in [9.17, 15) is 9.59 Å². The number of hydrogen-bond acceptors (Lipinski definition) is 7. The maximum absolute atomic E-state index is 11.7. The Morgan fingerprint density at radius 1 is 1.17 bits per heavy atom. The molecule has 4 rings (SSSR count). The summed E-state index contributed by atoms with van der Waals surface area (Å²) >= 11 is 0. The van der Waals surface area contributed by atoms with Gasteiger partial charge in [-0.25, -0.2) is 14.3 Å². The van der Waals surface area contributed by atoms with Gasteiger partial charge >= 0.3 is 6.03 Å². The predicted octanol–water partition coefficient (Wildman–Crippen LogP) is 1.59. The zero-order valence-corrected chi connectivity index (χ0v) is 16.5. The minimum absolute atomic E-state index is 0.153. The van der Waals surface area contributed by atoms with Crippen LogP contribution in [0.25, 0.3) is 11.7 Å². The SMILES string of the molecule is CN(C)CCOc1ccc(Nc2ccn3ncc(/C=C4\NC(=O)NC4=O)c3n2)cc1. The van der Waals surface area contributed by atoms with Crippen LogP contribution in [0.2, 0.25) is 0 Å². The fraction of sp³-hybridized carbons (Fsp3) is 0.200. The van der Waals surface area contributed by atoms with Crippen LogP contribution in [0.5, 0.6) is 5.75 Å². The Morgan fingerprint density at radius 2 is 1.97 bits per heavy atom. The molecule has 1 aliphatic heterocycles. The van der Waals surface area contributed by atoms with Crippen molar-refractivity contribution in [1.29, 1.82) is 0 Å². The Kier molecular flexibility index (Phi) is 5.31. The van der Waals surface area contributed by atoms with E-state index in [1.165, 1.54) is 0 Å². The summed E-state index contributed by atoms with van der Waals surface area (Å²) in [6.07, 6.45) is 4.88. The van der Waals surface area contributed by atoms with Crippen molar-refractivity contribution in [2.24, 2.45) is 0 Å². The molecule has 3 aromatic rings. The second kappa shape index (κ2) is 8.21. The predicted molar refractivity (Wildman–Crippen MR) is 111 cm³/mol. The van der Waals surface area contributed by atoms with E-state index >= 15 is 0 Å². The molecule has 1 saturated heterocycles. The maximum Gasteiger partial charge on any atom is 0.326 e. The number of likely N-dealkylation sites (N-methyl/N-ethyl adjacent to an activating group) is 1. The standard InChI is InChI=1S/C20H21N7O3/c1-26(2)9-10-30-15-5-3-14(4-6-15)22-17-7-8-27-18(24-17)13(12-21-27)11-16-19(28)25-20(29)23-16/h3-8,11-12H,9-10H2,1-2H3,(H,22,24)(H2,23,25,28,29)/b16-11-. The van der Waals surface area contributed by atoms with E-state index in [2.05, 4.69) is 30.9 Å². The first-order valence-corrected chi connectivity index (χ1v) is 9.31. The minimum atomic E-state index is -0.549. The molecule has 0 unspecified atom stereocenters. The summed E-state index contributed by atoms with van der Waals surface area (Å²) in [7, 11) is 4.00. The molecule has 1 aromatic carbocycles. The number of nitrogens with one attached hydrogen (secondary N) is 3. The molecule has 0 radical (unpaired) electrons. The van der Waals surface area contributed by atoms with Gasteiger partial charge in [-0.1, -0.05) is 0 Å². The van der Waals surface area contributed by atoms with E-state index in [0.717, 1.165) is 18.0 Å². The van der Waals surface area contributed by atoms with Gasteiger partial charge in [0.1, 0.15) is 23.9 Å². The van der Waals surface area contributed by atoms with Crippen LogP contribution in [0.15, 0.2) is 48.4 Å². The van der Waals surface area contributed by atoms with Crippen molar-refractivity contribution in [2.45, 2.75) is 0 Å². The number of ether oxygens (including phenoxy) is 1. The number of rotatable bonds is 7. The lowest BCUT2D eigenvalue weighted by Gasteiger charge is -2.11. The first-order chi connectivity index (χ1) is 14.5. The third kappa shape index (κ3) is 4.39. The van der Waals surface area contributed by atoms with Gasteiger partial charge in [0, 0.05) is 24.0 Å². The van der Waals surface area contributed by atoms with Gasteiger partial charge in [0.2, 0.25) is 0 Å². The summed E-state index contributed by atoms with van der Waals surface area (Å²) in [6.45, 7) is 1.47. The lowest BCUT2D eigenvalue weighted by molar-refractivity contribution is -0.115. The van der Waals surface area contributed by atoms with Crippen molar-refractivity contribution in [3.63, 3.8) is 0 Å². The van der Waals surface area contributed by atoms with Crippen LogP contribution in [0, 0.1) is 0 Å². The molecule has 10 nitrogen and oxygen atoms in total. The van der Waals surface area contributed by atoms with Crippen molar-refractivity contribution in [3.8, 4) is 5.75 Å². The topological polar surface area (TPSA) is 113 Å². The highest BCUT2D eigenvalue weighted by Gasteiger charge is 2.23. The Balaban J connectivity index is 1.49. The number of amides is 3. The number of hydrogen-bond donors (Lipinski definition) is 3. The summed E-state index contributed by atoms with van der Waals surface area (Å²) in [4.78, 5) is 29.7. The van der Waals surface area contributed by atoms with E-state index < -0.39 is 11.9 Å². The molecule has 10 heteroatoms. The monoisotopic (exact) mass is 407 g/mol. The van der Waals surface area contributed by atoms with Gasteiger partial charge in [-0.15, -0.1) is 0 Å². The highest BCUT2D eigenvalue weighted by atomic mass is 16.5. The van der Waals surface area contributed by atoms with Crippen LogP contribution in [0.1, 0.15) is 5.56 Å². The van der Waals surface area contributed by atoms with Gasteiger partial charge in [-0.05, 0) is 50.5 Å². The minimum Gasteiger partial charge on any atom is -0.492 e. The lowest BCUT2D eigenvalue weighted by Crippen LogP contribution is -2.22. The summed E-state index contributed by atoms with van der Waals surface area (Å²) in [5.41, 5.74) is 2.16. The van der Waals surface area contributed by atoms with E-state index in [-0.39, 0.29) is 5.70 Å². The number of imide groups is 1. The van der Waals surface area contributed by atoms with Crippen molar-refractivity contribution < 1.29 is 14.3 Å². The first-order valence-electron chi connectivity index (χ1n) is 9.31. The van der Waals surface area contributed by atoms with Crippen LogP contribution < -0.4 is 20.7 Å². The fourth-order valence-corrected chi connectivity index (χ4v) is 2.82. The normalized spacial score (nSPS) is 15.0. The molecular weight excluding hydrogens is 386 g/mol. The molecule has 0 bridgehead atoms. The zero-order chi connectivity index (χ0) is 21.1. The summed E-state index contributed by atoms with van der Waals surface area (Å²) in [6, 6.07) is 8.86. The molecule has 2 aromatic heterocycles. The van der Waals surface area contributed by atoms with E-state index in [4.69, 9.17) is 4.74 Å². The molecule has 0 saturated carbocycles. The number of fused-ring (bicyclic) bond motifs is 1. The van der Waals surface area contributed by atoms with Crippen molar-refractivity contribution >= 4 is 35.2 Å². The number of carbonyl (C=O) groups is 2. The third-order valence-corrected chi connectivity index (χ3v) is 4.35. The van der Waals surface area contributed by atoms with Crippen LogP contribution in [-0.4, -0.2) is 58.7 Å². The van der Waals surface area contributed by atoms with Gasteiger partial charge in [0.05, 0.1) is 6.20 Å². The Bertz CT molecular complexity index is 1120. The van der Waals surface area contributed by atoms with Crippen LogP contribution in [-0.2, 0) is 4.79 Å². The van der Waals surface area contributed by atoms with Gasteiger partial charge in [-0.2, -0.15) is 5.10 Å². The number of nitrogens with zero attached hydrogens (tertiary/aromatic N) is 4. The molecule has 0 atom stereocenters. The number of anilines is 2. The average molecular weight is 407 g/mol. The molecule has 0 aliphatic carbocycles. The second-order valence-corrected chi connectivity index (χ2v) is 6.95. The molecular formula is C20H21N7O3. The molecule has 0 spiro atoms. The highest BCUT2D eigenvalue weighted by molar-refractivity contribution is 6.14. The summed E-state index contributed by atoms with van der Waals surface area (Å²) in [5.74, 6) is 0.928. The van der Waals surface area contributed by atoms with Gasteiger partial charge < -0.3 is 20.3 Å².